The van der Waals surface area contributed by atoms with E-state index in [1.165, 1.54) is 0 Å². The average Bonchev–Trinajstić information content (AvgIpc) is 2.94. The summed E-state index contributed by atoms with van der Waals surface area (Å²) in [6, 6.07) is -0.371. The van der Waals surface area contributed by atoms with E-state index < -0.39 is 5.54 Å². The van der Waals surface area contributed by atoms with Crippen molar-refractivity contribution in [2.45, 2.75) is 44.1 Å². The predicted octanol–water partition coefficient (Wildman–Crippen LogP) is -0.120. The van der Waals surface area contributed by atoms with Crippen LogP contribution in [0, 0.1) is 0 Å². The number of methoxy groups -OCH3 is 1. The standard InChI is InChI=1S/C21H35N5O5/c1-23-20(30)26(19(29)21(23)7-4-3-5-8-21)16-18(28)25-12-10-24(11-13-25)15-17(27)22-9-6-14-31-2/h3-16H2,1-2H3,(H,22,27). The van der Waals surface area contributed by atoms with Crippen LogP contribution in [0.25, 0.3) is 0 Å². The number of nitrogens with zero attached hydrogens (tertiary/aromatic N) is 4. The fourth-order valence-corrected chi connectivity index (χ4v) is 4.77. The topological polar surface area (TPSA) is 102 Å². The van der Waals surface area contributed by atoms with Crippen molar-refractivity contribution in [2.24, 2.45) is 0 Å². The Kier molecular flexibility index (Phi) is 7.88. The zero-order valence-electron chi connectivity index (χ0n) is 18.7. The lowest BCUT2D eigenvalue weighted by Crippen LogP contribution is -2.53. The van der Waals surface area contributed by atoms with Gasteiger partial charge in [0, 0.05) is 53.5 Å². The Bertz CT molecular complexity index is 686. The van der Waals surface area contributed by atoms with Crippen LogP contribution in [-0.4, -0.2) is 115 Å². The first-order valence-corrected chi connectivity index (χ1v) is 11.2. The van der Waals surface area contributed by atoms with Crippen LogP contribution < -0.4 is 5.32 Å². The third kappa shape index (κ3) is 5.17. The molecule has 5 amide bonds. The van der Waals surface area contributed by atoms with E-state index in [1.807, 2.05) is 4.90 Å². The van der Waals surface area contributed by atoms with E-state index in [4.69, 9.17) is 4.74 Å². The Balaban J connectivity index is 1.45. The van der Waals surface area contributed by atoms with Crippen LogP contribution in [0.15, 0.2) is 0 Å². The summed E-state index contributed by atoms with van der Waals surface area (Å²) >= 11 is 0. The van der Waals surface area contributed by atoms with Crippen LogP contribution in [0.1, 0.15) is 38.5 Å². The molecule has 0 radical (unpaired) electrons. The number of ether oxygens (including phenoxy) is 1. The van der Waals surface area contributed by atoms with E-state index in [1.54, 1.807) is 24.0 Å². The van der Waals surface area contributed by atoms with Gasteiger partial charge in [-0.1, -0.05) is 19.3 Å². The summed E-state index contributed by atoms with van der Waals surface area (Å²) in [5.74, 6) is -0.478. The molecule has 174 valence electrons. The van der Waals surface area contributed by atoms with Crippen molar-refractivity contribution in [2.75, 3.05) is 66.6 Å². The molecule has 0 aromatic carbocycles. The number of carbonyl (C=O) groups excluding carboxylic acids is 4. The molecule has 2 heterocycles. The molecule has 1 aliphatic carbocycles. The van der Waals surface area contributed by atoms with Crippen molar-refractivity contribution in [3.63, 3.8) is 0 Å². The number of hydrogen-bond acceptors (Lipinski definition) is 6. The van der Waals surface area contributed by atoms with E-state index >= 15 is 0 Å². The van der Waals surface area contributed by atoms with Crippen molar-refractivity contribution in [3.8, 4) is 0 Å². The molecule has 1 saturated carbocycles. The van der Waals surface area contributed by atoms with E-state index in [2.05, 4.69) is 5.32 Å². The van der Waals surface area contributed by atoms with Gasteiger partial charge in [-0.15, -0.1) is 0 Å². The van der Waals surface area contributed by atoms with Crippen molar-refractivity contribution >= 4 is 23.8 Å². The fourth-order valence-electron chi connectivity index (χ4n) is 4.77. The summed E-state index contributed by atoms with van der Waals surface area (Å²) in [6.45, 7) is 3.42. The Morgan fingerprint density at radius 2 is 1.71 bits per heavy atom. The van der Waals surface area contributed by atoms with Gasteiger partial charge < -0.3 is 19.9 Å². The highest BCUT2D eigenvalue weighted by atomic mass is 16.5. The maximum atomic E-state index is 13.1. The molecule has 1 spiro atoms. The highest BCUT2D eigenvalue weighted by molar-refractivity contribution is 6.08. The first-order chi connectivity index (χ1) is 14.9. The van der Waals surface area contributed by atoms with Crippen LogP contribution in [0.4, 0.5) is 4.79 Å². The van der Waals surface area contributed by atoms with Crippen LogP contribution in [0.5, 0.6) is 0 Å². The van der Waals surface area contributed by atoms with Gasteiger partial charge in [0.1, 0.15) is 12.1 Å². The fraction of sp³-hybridized carbons (Fsp3) is 0.810. The maximum absolute atomic E-state index is 13.1. The molecule has 0 atom stereocenters. The summed E-state index contributed by atoms with van der Waals surface area (Å²) in [6.07, 6.45) is 5.04. The van der Waals surface area contributed by atoms with Gasteiger partial charge in [0.25, 0.3) is 5.91 Å². The summed E-state index contributed by atoms with van der Waals surface area (Å²) in [4.78, 5) is 56.9. The molecular weight excluding hydrogens is 402 g/mol. The summed E-state index contributed by atoms with van der Waals surface area (Å²) in [5.41, 5.74) is -0.759. The molecule has 3 aliphatic rings. The lowest BCUT2D eigenvalue weighted by Gasteiger charge is -2.36. The number of urea groups is 1. The van der Waals surface area contributed by atoms with Gasteiger partial charge in [-0.2, -0.15) is 0 Å². The first kappa shape index (κ1) is 23.5. The van der Waals surface area contributed by atoms with Crippen molar-refractivity contribution in [1.82, 2.24) is 24.9 Å². The largest absolute Gasteiger partial charge is 0.385 e. The van der Waals surface area contributed by atoms with Gasteiger partial charge in [-0.25, -0.2) is 4.79 Å². The molecule has 10 nitrogen and oxygen atoms in total. The molecule has 0 aromatic rings. The van der Waals surface area contributed by atoms with Crippen molar-refractivity contribution < 1.29 is 23.9 Å². The molecular formula is C21H35N5O5. The number of imide groups is 1. The number of hydrogen-bond donors (Lipinski definition) is 1. The smallest absolute Gasteiger partial charge is 0.327 e. The number of nitrogens with one attached hydrogen (secondary N) is 1. The van der Waals surface area contributed by atoms with E-state index in [-0.39, 0.29) is 30.3 Å². The summed E-state index contributed by atoms with van der Waals surface area (Å²) < 4.78 is 4.96. The molecule has 0 bridgehead atoms. The Hall–Kier alpha value is -2.20. The van der Waals surface area contributed by atoms with Crippen LogP contribution in [0.3, 0.4) is 0 Å². The van der Waals surface area contributed by atoms with Crippen LogP contribution in [0.2, 0.25) is 0 Å². The number of piperazine rings is 1. The Morgan fingerprint density at radius 3 is 2.35 bits per heavy atom. The average molecular weight is 438 g/mol. The van der Waals surface area contributed by atoms with Crippen molar-refractivity contribution in [1.29, 1.82) is 0 Å². The molecule has 10 heteroatoms. The van der Waals surface area contributed by atoms with Gasteiger partial charge in [-0.05, 0) is 19.3 Å². The van der Waals surface area contributed by atoms with Gasteiger partial charge in [0.15, 0.2) is 0 Å². The second-order valence-corrected chi connectivity index (χ2v) is 8.68. The minimum absolute atomic E-state index is 0.0371. The monoisotopic (exact) mass is 437 g/mol. The number of likely N-dealkylation sites (N-methyl/N-ethyl adjacent to an activating group) is 1. The van der Waals surface area contributed by atoms with Crippen molar-refractivity contribution in [3.05, 3.63) is 0 Å². The zero-order chi connectivity index (χ0) is 22.4. The van der Waals surface area contributed by atoms with Gasteiger partial charge in [0.2, 0.25) is 11.8 Å². The number of amides is 5. The third-order valence-electron chi connectivity index (χ3n) is 6.72. The highest BCUT2D eigenvalue weighted by Crippen LogP contribution is 2.39. The summed E-state index contributed by atoms with van der Waals surface area (Å²) in [5, 5.41) is 2.86. The summed E-state index contributed by atoms with van der Waals surface area (Å²) in [7, 11) is 3.31. The molecule has 31 heavy (non-hydrogen) atoms. The van der Waals surface area contributed by atoms with E-state index in [0.717, 1.165) is 30.6 Å². The number of carbonyl (C=O) groups is 4. The maximum Gasteiger partial charge on any atom is 0.327 e. The molecule has 2 aliphatic heterocycles. The highest BCUT2D eigenvalue weighted by Gasteiger charge is 2.56. The first-order valence-electron chi connectivity index (χ1n) is 11.2. The third-order valence-corrected chi connectivity index (χ3v) is 6.72. The quantitative estimate of drug-likeness (QED) is 0.420. The van der Waals surface area contributed by atoms with Crippen LogP contribution in [-0.2, 0) is 19.1 Å². The Morgan fingerprint density at radius 1 is 1.03 bits per heavy atom. The van der Waals surface area contributed by atoms with E-state index in [9.17, 15) is 19.2 Å². The lowest BCUT2D eigenvalue weighted by molar-refractivity contribution is -0.141. The predicted molar refractivity (Wildman–Crippen MR) is 113 cm³/mol. The normalized spacial score (nSPS) is 21.8. The lowest BCUT2D eigenvalue weighted by atomic mass is 9.81. The molecule has 1 N–H and O–H groups in total. The van der Waals surface area contributed by atoms with Gasteiger partial charge in [0.05, 0.1) is 6.54 Å². The second-order valence-electron chi connectivity index (χ2n) is 8.68. The minimum Gasteiger partial charge on any atom is -0.385 e. The number of rotatable bonds is 8. The Labute approximate surface area is 183 Å². The van der Waals surface area contributed by atoms with E-state index in [0.29, 0.717) is 58.7 Å². The molecule has 3 fully saturated rings. The zero-order valence-corrected chi connectivity index (χ0v) is 18.7. The molecule has 0 aromatic heterocycles. The molecule has 3 rings (SSSR count). The van der Waals surface area contributed by atoms with Crippen LogP contribution >= 0.6 is 0 Å². The molecule has 2 saturated heterocycles. The van der Waals surface area contributed by atoms with Gasteiger partial charge >= 0.3 is 6.03 Å². The molecule has 0 unspecified atom stereocenters. The van der Waals surface area contributed by atoms with Gasteiger partial charge in [-0.3, -0.25) is 24.2 Å². The minimum atomic E-state index is -0.759. The SMILES string of the molecule is COCCCNC(=O)CN1CCN(C(=O)CN2C(=O)N(C)C3(CCCCC3)C2=O)CC1. The second kappa shape index (κ2) is 10.4.